The van der Waals surface area contributed by atoms with Gasteiger partial charge in [-0.3, -0.25) is 0 Å². The first-order chi connectivity index (χ1) is 7.81. The zero-order valence-corrected chi connectivity index (χ0v) is 11.1. The normalized spacial score (nSPS) is 29.6. The standard InChI is InChI=1S/C13H14BrF3/c1-12(7-6-11(14)8-12)9-2-4-10(5-3-9)13(15,16)17/h2-5,11H,6-8H2,1H3. The number of benzene rings is 1. The van der Waals surface area contributed by atoms with E-state index in [9.17, 15) is 13.2 Å². The van der Waals surface area contributed by atoms with Gasteiger partial charge in [-0.1, -0.05) is 35.0 Å². The van der Waals surface area contributed by atoms with E-state index in [0.717, 1.165) is 24.8 Å². The fraction of sp³-hybridized carbons (Fsp3) is 0.538. The van der Waals surface area contributed by atoms with E-state index in [-0.39, 0.29) is 5.41 Å². The minimum Gasteiger partial charge on any atom is -0.166 e. The first-order valence-corrected chi connectivity index (χ1v) is 6.55. The molecule has 1 aliphatic carbocycles. The smallest absolute Gasteiger partial charge is 0.166 e. The van der Waals surface area contributed by atoms with Gasteiger partial charge in [-0.15, -0.1) is 0 Å². The molecular weight excluding hydrogens is 293 g/mol. The van der Waals surface area contributed by atoms with Gasteiger partial charge in [-0.2, -0.15) is 13.2 Å². The Labute approximate surface area is 107 Å². The summed E-state index contributed by atoms with van der Waals surface area (Å²) < 4.78 is 37.3. The van der Waals surface area contributed by atoms with Crippen molar-refractivity contribution in [3.8, 4) is 0 Å². The summed E-state index contributed by atoms with van der Waals surface area (Å²) in [5, 5.41) is 0. The molecule has 0 N–H and O–H groups in total. The molecule has 94 valence electrons. The van der Waals surface area contributed by atoms with Gasteiger partial charge in [-0.05, 0) is 42.4 Å². The number of hydrogen-bond acceptors (Lipinski definition) is 0. The molecule has 1 fully saturated rings. The Hall–Kier alpha value is -0.510. The second-order valence-corrected chi connectivity index (χ2v) is 6.27. The Balaban J connectivity index is 2.24. The van der Waals surface area contributed by atoms with Crippen LogP contribution in [-0.2, 0) is 11.6 Å². The zero-order valence-electron chi connectivity index (χ0n) is 9.52. The number of hydrogen-bond donors (Lipinski definition) is 0. The molecule has 0 radical (unpaired) electrons. The first-order valence-electron chi connectivity index (χ1n) is 5.63. The summed E-state index contributed by atoms with van der Waals surface area (Å²) in [4.78, 5) is 0.481. The maximum Gasteiger partial charge on any atom is 0.416 e. The second-order valence-electron chi connectivity index (χ2n) is 4.98. The van der Waals surface area contributed by atoms with Crippen LogP contribution in [0.25, 0.3) is 0 Å². The minimum atomic E-state index is -4.24. The lowest BCUT2D eigenvalue weighted by Gasteiger charge is -2.24. The maximum atomic E-state index is 12.4. The van der Waals surface area contributed by atoms with Crippen molar-refractivity contribution in [2.24, 2.45) is 0 Å². The molecule has 0 heterocycles. The molecule has 0 saturated heterocycles. The molecule has 0 aromatic heterocycles. The van der Waals surface area contributed by atoms with Crippen molar-refractivity contribution in [1.82, 2.24) is 0 Å². The van der Waals surface area contributed by atoms with Crippen molar-refractivity contribution in [3.05, 3.63) is 35.4 Å². The lowest BCUT2D eigenvalue weighted by molar-refractivity contribution is -0.137. The van der Waals surface area contributed by atoms with Crippen LogP contribution in [0.2, 0.25) is 0 Å². The Morgan fingerprint density at radius 2 is 1.82 bits per heavy atom. The van der Waals surface area contributed by atoms with Gasteiger partial charge in [-0.25, -0.2) is 0 Å². The molecule has 4 heteroatoms. The Bertz CT molecular complexity index is 396. The summed E-state index contributed by atoms with van der Waals surface area (Å²) in [6.45, 7) is 2.12. The van der Waals surface area contributed by atoms with Crippen LogP contribution in [0.15, 0.2) is 24.3 Å². The van der Waals surface area contributed by atoms with Crippen LogP contribution >= 0.6 is 15.9 Å². The van der Waals surface area contributed by atoms with E-state index in [1.54, 1.807) is 12.1 Å². The van der Waals surface area contributed by atoms with Crippen LogP contribution in [0.1, 0.15) is 37.3 Å². The van der Waals surface area contributed by atoms with E-state index in [0.29, 0.717) is 4.83 Å². The third-order valence-electron chi connectivity index (χ3n) is 3.59. The van der Waals surface area contributed by atoms with Crippen LogP contribution in [0.5, 0.6) is 0 Å². The van der Waals surface area contributed by atoms with Gasteiger partial charge in [0.15, 0.2) is 0 Å². The average molecular weight is 307 g/mol. The molecule has 0 amide bonds. The molecule has 0 spiro atoms. The Morgan fingerprint density at radius 1 is 1.24 bits per heavy atom. The van der Waals surface area contributed by atoms with Crippen molar-refractivity contribution in [3.63, 3.8) is 0 Å². The summed E-state index contributed by atoms with van der Waals surface area (Å²) in [6.07, 6.45) is -1.16. The van der Waals surface area contributed by atoms with Gasteiger partial charge in [0, 0.05) is 4.83 Å². The highest BCUT2D eigenvalue weighted by Crippen LogP contribution is 2.44. The molecule has 1 aliphatic rings. The lowest BCUT2D eigenvalue weighted by Crippen LogP contribution is -2.18. The predicted molar refractivity (Wildman–Crippen MR) is 65.4 cm³/mol. The molecule has 1 aromatic carbocycles. The van der Waals surface area contributed by atoms with Crippen LogP contribution < -0.4 is 0 Å². The van der Waals surface area contributed by atoms with E-state index in [2.05, 4.69) is 22.9 Å². The zero-order chi connectivity index (χ0) is 12.7. The Morgan fingerprint density at radius 3 is 2.24 bits per heavy atom. The van der Waals surface area contributed by atoms with E-state index >= 15 is 0 Å². The number of halogens is 4. The number of rotatable bonds is 1. The van der Waals surface area contributed by atoms with Crippen molar-refractivity contribution >= 4 is 15.9 Å². The van der Waals surface area contributed by atoms with Crippen molar-refractivity contribution in [2.75, 3.05) is 0 Å². The molecule has 0 nitrogen and oxygen atoms in total. The maximum absolute atomic E-state index is 12.4. The van der Waals surface area contributed by atoms with Crippen LogP contribution in [0, 0.1) is 0 Å². The quantitative estimate of drug-likeness (QED) is 0.647. The van der Waals surface area contributed by atoms with Crippen molar-refractivity contribution in [1.29, 1.82) is 0 Å². The van der Waals surface area contributed by atoms with Gasteiger partial charge in [0.05, 0.1) is 5.56 Å². The second kappa shape index (κ2) is 4.30. The molecular formula is C13H14BrF3. The highest BCUT2D eigenvalue weighted by atomic mass is 79.9. The van der Waals surface area contributed by atoms with Crippen LogP contribution in [0.4, 0.5) is 13.2 Å². The molecule has 1 saturated carbocycles. The molecule has 2 rings (SSSR count). The fourth-order valence-electron chi connectivity index (χ4n) is 2.49. The largest absolute Gasteiger partial charge is 0.416 e. The molecule has 1 aromatic rings. The number of alkyl halides is 4. The summed E-state index contributed by atoms with van der Waals surface area (Å²) in [5.74, 6) is 0. The topological polar surface area (TPSA) is 0 Å². The molecule has 0 aliphatic heterocycles. The summed E-state index contributed by atoms with van der Waals surface area (Å²) >= 11 is 3.58. The third-order valence-corrected chi connectivity index (χ3v) is 4.37. The van der Waals surface area contributed by atoms with Crippen LogP contribution in [0.3, 0.4) is 0 Å². The lowest BCUT2D eigenvalue weighted by atomic mass is 9.81. The first kappa shape index (κ1) is 12.9. The molecule has 2 unspecified atom stereocenters. The highest BCUT2D eigenvalue weighted by Gasteiger charge is 2.36. The molecule has 0 bridgehead atoms. The van der Waals surface area contributed by atoms with Crippen molar-refractivity contribution in [2.45, 2.75) is 42.6 Å². The summed E-state index contributed by atoms with van der Waals surface area (Å²) in [7, 11) is 0. The molecule has 2 atom stereocenters. The Kier molecular flexibility index (Phi) is 3.27. The van der Waals surface area contributed by atoms with Gasteiger partial charge in [0.25, 0.3) is 0 Å². The monoisotopic (exact) mass is 306 g/mol. The summed E-state index contributed by atoms with van der Waals surface area (Å²) in [6, 6.07) is 5.60. The van der Waals surface area contributed by atoms with Crippen LogP contribution in [-0.4, -0.2) is 4.83 Å². The van der Waals surface area contributed by atoms with E-state index in [1.807, 2.05) is 0 Å². The average Bonchev–Trinajstić information content (AvgIpc) is 2.59. The SMILES string of the molecule is CC1(c2ccc(C(F)(F)F)cc2)CCC(Br)C1. The summed E-state index contributed by atoms with van der Waals surface area (Å²) in [5.41, 5.74) is 0.448. The van der Waals surface area contributed by atoms with E-state index in [4.69, 9.17) is 0 Å². The van der Waals surface area contributed by atoms with E-state index in [1.165, 1.54) is 12.1 Å². The highest BCUT2D eigenvalue weighted by molar-refractivity contribution is 9.09. The molecule has 17 heavy (non-hydrogen) atoms. The van der Waals surface area contributed by atoms with Gasteiger partial charge >= 0.3 is 6.18 Å². The van der Waals surface area contributed by atoms with E-state index < -0.39 is 11.7 Å². The van der Waals surface area contributed by atoms with Crippen molar-refractivity contribution < 1.29 is 13.2 Å². The third kappa shape index (κ3) is 2.67. The van der Waals surface area contributed by atoms with Gasteiger partial charge in [0.2, 0.25) is 0 Å². The minimum absolute atomic E-state index is 0.0122. The predicted octanol–water partition coefficient (Wildman–Crippen LogP) is 4.91. The van der Waals surface area contributed by atoms with Gasteiger partial charge < -0.3 is 0 Å². The fourth-order valence-corrected chi connectivity index (χ4v) is 3.44. The van der Waals surface area contributed by atoms with Gasteiger partial charge in [0.1, 0.15) is 0 Å².